The molecule has 0 radical (unpaired) electrons. The Morgan fingerprint density at radius 1 is 1.47 bits per heavy atom. The summed E-state index contributed by atoms with van der Waals surface area (Å²) in [4.78, 5) is 16.4. The Bertz CT molecular complexity index is 444. The minimum Gasteiger partial charge on any atom is -0.348 e. The molecule has 1 aromatic heterocycles. The van der Waals surface area contributed by atoms with Crippen LogP contribution in [0.5, 0.6) is 0 Å². The summed E-state index contributed by atoms with van der Waals surface area (Å²) in [5.74, 6) is 1.38. The number of amides is 1. The summed E-state index contributed by atoms with van der Waals surface area (Å²) in [7, 11) is 0. The van der Waals surface area contributed by atoms with Crippen LogP contribution in [-0.4, -0.2) is 16.9 Å². The average molecular weight is 281 g/mol. The lowest BCUT2D eigenvalue weighted by Gasteiger charge is -2.32. The van der Waals surface area contributed by atoms with Crippen molar-refractivity contribution in [2.75, 3.05) is 0 Å². The molecule has 1 aliphatic carbocycles. The number of aromatic nitrogens is 1. The minimum absolute atomic E-state index is 0.0603. The monoisotopic (exact) mass is 281 g/mol. The van der Waals surface area contributed by atoms with Crippen molar-refractivity contribution < 1.29 is 4.79 Å². The predicted octanol–water partition coefficient (Wildman–Crippen LogP) is 2.72. The summed E-state index contributed by atoms with van der Waals surface area (Å²) < 4.78 is 0. The average Bonchev–Trinajstić information content (AvgIpc) is 2.83. The molecule has 4 atom stereocenters. The van der Waals surface area contributed by atoms with Crippen molar-refractivity contribution in [2.24, 2.45) is 17.6 Å². The maximum Gasteiger partial charge on any atom is 0.270 e. The summed E-state index contributed by atoms with van der Waals surface area (Å²) in [6.45, 7) is 6.43. The van der Waals surface area contributed by atoms with Crippen LogP contribution in [0.15, 0.2) is 5.38 Å². The van der Waals surface area contributed by atoms with Gasteiger partial charge in [-0.05, 0) is 38.0 Å². The Morgan fingerprint density at radius 2 is 2.21 bits per heavy atom. The first kappa shape index (κ1) is 14.5. The molecule has 1 heterocycles. The second-order valence-corrected chi connectivity index (χ2v) is 6.69. The van der Waals surface area contributed by atoms with Crippen molar-refractivity contribution >= 4 is 17.2 Å². The Labute approximate surface area is 118 Å². The SMILES string of the molecule is CC(N)c1nc(C(=O)NC2CCC(C)C(C)C2)cs1. The van der Waals surface area contributed by atoms with Crippen molar-refractivity contribution in [3.8, 4) is 0 Å². The first-order valence-corrected chi connectivity index (χ1v) is 7.87. The zero-order valence-corrected chi connectivity index (χ0v) is 12.7. The molecule has 0 bridgehead atoms. The van der Waals surface area contributed by atoms with E-state index in [0.717, 1.165) is 23.8 Å². The maximum atomic E-state index is 12.1. The number of carbonyl (C=O) groups is 1. The molecule has 0 spiro atoms. The van der Waals surface area contributed by atoms with Gasteiger partial charge in [0.05, 0.1) is 6.04 Å². The van der Waals surface area contributed by atoms with E-state index in [4.69, 9.17) is 5.73 Å². The Kier molecular flexibility index (Phi) is 4.58. The number of nitrogens with two attached hydrogens (primary N) is 1. The highest BCUT2D eigenvalue weighted by atomic mass is 32.1. The van der Waals surface area contributed by atoms with Gasteiger partial charge in [-0.3, -0.25) is 4.79 Å². The summed E-state index contributed by atoms with van der Waals surface area (Å²) in [6, 6.07) is 0.182. The summed E-state index contributed by atoms with van der Waals surface area (Å²) >= 11 is 1.45. The van der Waals surface area contributed by atoms with Crippen LogP contribution in [0, 0.1) is 11.8 Å². The van der Waals surface area contributed by atoms with Crippen LogP contribution >= 0.6 is 11.3 Å². The number of nitrogens with zero attached hydrogens (tertiary/aromatic N) is 1. The second-order valence-electron chi connectivity index (χ2n) is 5.80. The van der Waals surface area contributed by atoms with E-state index in [1.807, 2.05) is 6.92 Å². The van der Waals surface area contributed by atoms with Crippen molar-refractivity contribution in [3.63, 3.8) is 0 Å². The number of thiazole rings is 1. The predicted molar refractivity (Wildman–Crippen MR) is 78.1 cm³/mol. The maximum absolute atomic E-state index is 12.1. The molecule has 0 saturated heterocycles. The van der Waals surface area contributed by atoms with E-state index in [1.54, 1.807) is 5.38 Å². The van der Waals surface area contributed by atoms with E-state index in [-0.39, 0.29) is 11.9 Å². The van der Waals surface area contributed by atoms with Gasteiger partial charge in [0.1, 0.15) is 10.7 Å². The molecule has 2 rings (SSSR count). The molecule has 0 aromatic carbocycles. The summed E-state index contributed by atoms with van der Waals surface area (Å²) in [5.41, 5.74) is 6.26. The van der Waals surface area contributed by atoms with Gasteiger partial charge in [-0.15, -0.1) is 11.3 Å². The molecule has 3 N–H and O–H groups in total. The van der Waals surface area contributed by atoms with Gasteiger partial charge in [0.15, 0.2) is 0 Å². The van der Waals surface area contributed by atoms with Gasteiger partial charge in [-0.1, -0.05) is 13.8 Å². The lowest BCUT2D eigenvalue weighted by atomic mass is 9.79. The number of carbonyl (C=O) groups excluding carboxylic acids is 1. The molecular formula is C14H23N3OS. The normalized spacial score (nSPS) is 28.9. The molecule has 4 unspecified atom stereocenters. The summed E-state index contributed by atoms with van der Waals surface area (Å²) in [5, 5.41) is 5.71. The van der Waals surface area contributed by atoms with Gasteiger partial charge in [0, 0.05) is 11.4 Å². The van der Waals surface area contributed by atoms with E-state index in [1.165, 1.54) is 17.8 Å². The molecule has 1 saturated carbocycles. The quantitative estimate of drug-likeness (QED) is 0.895. The number of hydrogen-bond acceptors (Lipinski definition) is 4. The fourth-order valence-electron chi connectivity index (χ4n) is 2.54. The van der Waals surface area contributed by atoms with E-state index >= 15 is 0 Å². The van der Waals surface area contributed by atoms with Crippen molar-refractivity contribution in [1.82, 2.24) is 10.3 Å². The minimum atomic E-state index is -0.109. The lowest BCUT2D eigenvalue weighted by molar-refractivity contribution is 0.0906. The highest BCUT2D eigenvalue weighted by Gasteiger charge is 2.26. The van der Waals surface area contributed by atoms with Crippen LogP contribution in [0.2, 0.25) is 0 Å². The molecule has 106 valence electrons. The van der Waals surface area contributed by atoms with Gasteiger partial charge in [-0.25, -0.2) is 4.98 Å². The molecular weight excluding hydrogens is 258 g/mol. The van der Waals surface area contributed by atoms with Gasteiger partial charge in [0.25, 0.3) is 5.91 Å². The molecule has 1 aliphatic rings. The standard InChI is InChI=1S/C14H23N3OS/c1-8-4-5-11(6-9(8)2)16-13(18)12-7-19-14(17-12)10(3)15/h7-11H,4-6,15H2,1-3H3,(H,16,18). The topological polar surface area (TPSA) is 68.0 Å². The molecule has 1 amide bonds. The zero-order valence-electron chi connectivity index (χ0n) is 11.8. The highest BCUT2D eigenvalue weighted by molar-refractivity contribution is 7.09. The second kappa shape index (κ2) is 6.01. The highest BCUT2D eigenvalue weighted by Crippen LogP contribution is 2.29. The van der Waals surface area contributed by atoms with Gasteiger partial charge >= 0.3 is 0 Å². The fourth-order valence-corrected chi connectivity index (χ4v) is 3.30. The molecule has 19 heavy (non-hydrogen) atoms. The van der Waals surface area contributed by atoms with E-state index in [9.17, 15) is 4.79 Å². The van der Waals surface area contributed by atoms with E-state index in [0.29, 0.717) is 17.7 Å². The lowest BCUT2D eigenvalue weighted by Crippen LogP contribution is -2.40. The first-order chi connectivity index (χ1) is 8.97. The summed E-state index contributed by atoms with van der Waals surface area (Å²) in [6.07, 6.45) is 3.33. The fraction of sp³-hybridized carbons (Fsp3) is 0.714. The van der Waals surface area contributed by atoms with Gasteiger partial charge in [0.2, 0.25) is 0 Å². The Morgan fingerprint density at radius 3 is 2.79 bits per heavy atom. The van der Waals surface area contributed by atoms with Gasteiger partial charge in [-0.2, -0.15) is 0 Å². The third kappa shape index (κ3) is 3.54. The van der Waals surface area contributed by atoms with Gasteiger partial charge < -0.3 is 11.1 Å². The molecule has 5 heteroatoms. The largest absolute Gasteiger partial charge is 0.348 e. The Balaban J connectivity index is 1.93. The van der Waals surface area contributed by atoms with Crippen LogP contribution in [0.25, 0.3) is 0 Å². The number of nitrogens with one attached hydrogen (secondary N) is 1. The zero-order chi connectivity index (χ0) is 14.0. The van der Waals surface area contributed by atoms with E-state index < -0.39 is 0 Å². The van der Waals surface area contributed by atoms with Crippen LogP contribution in [0.3, 0.4) is 0 Å². The van der Waals surface area contributed by atoms with Crippen molar-refractivity contribution in [2.45, 2.75) is 52.1 Å². The van der Waals surface area contributed by atoms with Crippen molar-refractivity contribution in [3.05, 3.63) is 16.1 Å². The molecule has 1 fully saturated rings. The van der Waals surface area contributed by atoms with Crippen LogP contribution in [-0.2, 0) is 0 Å². The third-order valence-corrected chi connectivity index (χ3v) is 5.12. The number of rotatable bonds is 3. The van der Waals surface area contributed by atoms with Crippen LogP contribution in [0.1, 0.15) is 61.6 Å². The van der Waals surface area contributed by atoms with E-state index in [2.05, 4.69) is 24.1 Å². The molecule has 1 aromatic rings. The van der Waals surface area contributed by atoms with Crippen molar-refractivity contribution in [1.29, 1.82) is 0 Å². The smallest absolute Gasteiger partial charge is 0.270 e. The molecule has 4 nitrogen and oxygen atoms in total. The third-order valence-electron chi connectivity index (χ3n) is 4.08. The Hall–Kier alpha value is -0.940. The van der Waals surface area contributed by atoms with Crippen LogP contribution < -0.4 is 11.1 Å². The molecule has 0 aliphatic heterocycles. The number of hydrogen-bond donors (Lipinski definition) is 2. The first-order valence-electron chi connectivity index (χ1n) is 6.99. The van der Waals surface area contributed by atoms with Crippen LogP contribution in [0.4, 0.5) is 0 Å².